The third kappa shape index (κ3) is 4.13. The second-order valence-corrected chi connectivity index (χ2v) is 7.01. The molecular formula is C22H26N2O2. The van der Waals surface area contributed by atoms with E-state index in [0.717, 1.165) is 42.7 Å². The van der Waals surface area contributed by atoms with Crippen LogP contribution < -0.4 is 5.32 Å². The summed E-state index contributed by atoms with van der Waals surface area (Å²) in [5, 5.41) is 2.99. The van der Waals surface area contributed by atoms with Crippen molar-refractivity contribution in [3.63, 3.8) is 0 Å². The lowest BCUT2D eigenvalue weighted by molar-refractivity contribution is 0.0761. The van der Waals surface area contributed by atoms with E-state index >= 15 is 0 Å². The molecular weight excluding hydrogens is 324 g/mol. The van der Waals surface area contributed by atoms with Crippen LogP contribution in [0.15, 0.2) is 42.5 Å². The van der Waals surface area contributed by atoms with Crippen molar-refractivity contribution in [2.45, 2.75) is 39.5 Å². The Hall–Kier alpha value is -2.62. The number of rotatable bonds is 3. The summed E-state index contributed by atoms with van der Waals surface area (Å²) < 4.78 is 0. The highest BCUT2D eigenvalue weighted by atomic mass is 16.2. The van der Waals surface area contributed by atoms with Gasteiger partial charge in [-0.05, 0) is 56.0 Å². The first kappa shape index (κ1) is 18.2. The lowest BCUT2D eigenvalue weighted by atomic mass is 10.1. The van der Waals surface area contributed by atoms with E-state index < -0.39 is 0 Å². The van der Waals surface area contributed by atoms with Crippen molar-refractivity contribution in [3.8, 4) is 0 Å². The topological polar surface area (TPSA) is 49.4 Å². The number of aryl methyl sites for hydroxylation is 2. The number of carbonyl (C=O) groups is 2. The lowest BCUT2D eigenvalue weighted by Crippen LogP contribution is -2.32. The van der Waals surface area contributed by atoms with Gasteiger partial charge in [-0.1, -0.05) is 37.1 Å². The summed E-state index contributed by atoms with van der Waals surface area (Å²) >= 11 is 0. The molecule has 26 heavy (non-hydrogen) atoms. The molecule has 1 aliphatic heterocycles. The fourth-order valence-electron chi connectivity index (χ4n) is 3.45. The molecule has 1 heterocycles. The zero-order chi connectivity index (χ0) is 18.5. The Morgan fingerprint density at radius 3 is 2.08 bits per heavy atom. The molecule has 0 aromatic heterocycles. The van der Waals surface area contributed by atoms with Gasteiger partial charge in [0.25, 0.3) is 11.8 Å². The van der Waals surface area contributed by atoms with Crippen molar-refractivity contribution < 1.29 is 9.59 Å². The van der Waals surface area contributed by atoms with Crippen LogP contribution in [0.1, 0.15) is 57.5 Å². The number of benzene rings is 2. The molecule has 2 amide bonds. The van der Waals surface area contributed by atoms with Crippen LogP contribution in [0, 0.1) is 13.8 Å². The molecule has 1 saturated heterocycles. The second kappa shape index (κ2) is 8.17. The molecule has 3 rings (SSSR count). The Labute approximate surface area is 155 Å². The first-order valence-corrected chi connectivity index (χ1v) is 9.33. The number of carbonyl (C=O) groups excluding carboxylic acids is 2. The molecule has 1 aliphatic rings. The summed E-state index contributed by atoms with van der Waals surface area (Å²) in [4.78, 5) is 27.4. The summed E-state index contributed by atoms with van der Waals surface area (Å²) in [7, 11) is 0. The van der Waals surface area contributed by atoms with Crippen LogP contribution >= 0.6 is 0 Å². The highest BCUT2D eigenvalue weighted by Crippen LogP contribution is 2.21. The van der Waals surface area contributed by atoms with Gasteiger partial charge >= 0.3 is 0 Å². The Bertz CT molecular complexity index is 785. The number of likely N-dealkylation sites (tertiary alicyclic amines) is 1. The Kier molecular flexibility index (Phi) is 5.71. The van der Waals surface area contributed by atoms with Gasteiger partial charge in [0.1, 0.15) is 0 Å². The number of hydrogen-bond donors (Lipinski definition) is 1. The minimum Gasteiger partial charge on any atom is -0.339 e. The number of amides is 2. The SMILES string of the molecule is Cc1cccc(C)c1NC(=O)c1cccc(C(=O)N2CCCCCC2)c1. The molecule has 0 bridgehead atoms. The number of anilines is 1. The largest absolute Gasteiger partial charge is 0.339 e. The molecule has 136 valence electrons. The van der Waals surface area contributed by atoms with Crippen LogP contribution in [0.25, 0.3) is 0 Å². The number of nitrogens with zero attached hydrogens (tertiary/aromatic N) is 1. The first-order valence-electron chi connectivity index (χ1n) is 9.33. The van der Waals surface area contributed by atoms with Crippen molar-refractivity contribution >= 4 is 17.5 Å². The highest BCUT2D eigenvalue weighted by molar-refractivity contribution is 6.06. The zero-order valence-electron chi connectivity index (χ0n) is 15.5. The van der Waals surface area contributed by atoms with Gasteiger partial charge in [0.2, 0.25) is 0 Å². The van der Waals surface area contributed by atoms with Gasteiger partial charge in [0, 0.05) is 29.9 Å². The van der Waals surface area contributed by atoms with E-state index in [1.54, 1.807) is 24.3 Å². The smallest absolute Gasteiger partial charge is 0.255 e. The molecule has 0 unspecified atom stereocenters. The van der Waals surface area contributed by atoms with Crippen LogP contribution in [0.3, 0.4) is 0 Å². The van der Waals surface area contributed by atoms with Crippen LogP contribution in [0.5, 0.6) is 0 Å². The van der Waals surface area contributed by atoms with Gasteiger partial charge in [0.05, 0.1) is 0 Å². The van der Waals surface area contributed by atoms with E-state index in [9.17, 15) is 9.59 Å². The minimum absolute atomic E-state index is 0.0219. The standard InChI is InChI=1S/C22H26N2O2/c1-16-9-7-10-17(2)20(16)23-21(25)18-11-8-12-19(15-18)22(26)24-13-5-3-4-6-14-24/h7-12,15H,3-6,13-14H2,1-2H3,(H,23,25). The van der Waals surface area contributed by atoms with Gasteiger partial charge in [-0.15, -0.1) is 0 Å². The monoisotopic (exact) mass is 350 g/mol. The maximum atomic E-state index is 12.8. The quantitative estimate of drug-likeness (QED) is 0.881. The Morgan fingerprint density at radius 2 is 1.42 bits per heavy atom. The molecule has 0 saturated carbocycles. The summed E-state index contributed by atoms with van der Waals surface area (Å²) in [6.07, 6.45) is 4.47. The fraction of sp³-hybridized carbons (Fsp3) is 0.364. The Morgan fingerprint density at radius 1 is 0.846 bits per heavy atom. The van der Waals surface area contributed by atoms with E-state index in [1.807, 2.05) is 36.9 Å². The molecule has 0 spiro atoms. The van der Waals surface area contributed by atoms with Crippen LogP contribution in [-0.2, 0) is 0 Å². The number of nitrogens with one attached hydrogen (secondary N) is 1. The Balaban J connectivity index is 1.78. The van der Waals surface area contributed by atoms with Crippen molar-refractivity contribution in [1.29, 1.82) is 0 Å². The van der Waals surface area contributed by atoms with Gasteiger partial charge in [-0.25, -0.2) is 0 Å². The summed E-state index contributed by atoms with van der Waals surface area (Å²) in [6, 6.07) is 13.0. The molecule has 1 fully saturated rings. The summed E-state index contributed by atoms with van der Waals surface area (Å²) in [6.45, 7) is 5.55. The van der Waals surface area contributed by atoms with Crippen molar-refractivity contribution in [2.75, 3.05) is 18.4 Å². The molecule has 0 aliphatic carbocycles. The third-order valence-corrected chi connectivity index (χ3v) is 4.98. The van der Waals surface area contributed by atoms with E-state index in [2.05, 4.69) is 5.32 Å². The summed E-state index contributed by atoms with van der Waals surface area (Å²) in [5.74, 6) is -0.165. The maximum absolute atomic E-state index is 12.8. The van der Waals surface area contributed by atoms with Gasteiger partial charge in [-0.2, -0.15) is 0 Å². The molecule has 2 aromatic rings. The van der Waals surface area contributed by atoms with E-state index in [4.69, 9.17) is 0 Å². The zero-order valence-corrected chi connectivity index (χ0v) is 15.5. The molecule has 1 N–H and O–H groups in total. The van der Waals surface area contributed by atoms with Crippen molar-refractivity contribution in [2.24, 2.45) is 0 Å². The van der Waals surface area contributed by atoms with Crippen molar-refractivity contribution in [3.05, 3.63) is 64.7 Å². The van der Waals surface area contributed by atoms with E-state index in [-0.39, 0.29) is 11.8 Å². The molecule has 2 aromatic carbocycles. The average molecular weight is 350 g/mol. The van der Waals surface area contributed by atoms with Gasteiger partial charge < -0.3 is 10.2 Å². The van der Waals surface area contributed by atoms with Crippen LogP contribution in [0.2, 0.25) is 0 Å². The maximum Gasteiger partial charge on any atom is 0.255 e. The normalized spacial score (nSPS) is 14.6. The highest BCUT2D eigenvalue weighted by Gasteiger charge is 2.18. The summed E-state index contributed by atoms with van der Waals surface area (Å²) in [5.41, 5.74) is 3.97. The van der Waals surface area contributed by atoms with Gasteiger partial charge in [0.15, 0.2) is 0 Å². The molecule has 0 radical (unpaired) electrons. The van der Waals surface area contributed by atoms with Crippen LogP contribution in [-0.4, -0.2) is 29.8 Å². The predicted octanol–water partition coefficient (Wildman–Crippen LogP) is 4.57. The third-order valence-electron chi connectivity index (χ3n) is 4.98. The minimum atomic E-state index is -0.187. The van der Waals surface area contributed by atoms with E-state index in [1.165, 1.54) is 12.8 Å². The average Bonchev–Trinajstić information content (AvgIpc) is 2.93. The van der Waals surface area contributed by atoms with E-state index in [0.29, 0.717) is 11.1 Å². The second-order valence-electron chi connectivity index (χ2n) is 7.01. The fourth-order valence-corrected chi connectivity index (χ4v) is 3.45. The molecule has 4 heteroatoms. The predicted molar refractivity (Wildman–Crippen MR) is 105 cm³/mol. The number of hydrogen-bond acceptors (Lipinski definition) is 2. The first-order chi connectivity index (χ1) is 12.6. The number of para-hydroxylation sites is 1. The van der Waals surface area contributed by atoms with Crippen molar-refractivity contribution in [1.82, 2.24) is 4.90 Å². The lowest BCUT2D eigenvalue weighted by Gasteiger charge is -2.20. The van der Waals surface area contributed by atoms with Gasteiger partial charge in [-0.3, -0.25) is 9.59 Å². The molecule has 4 nitrogen and oxygen atoms in total. The molecule has 0 atom stereocenters. The van der Waals surface area contributed by atoms with Crippen LogP contribution in [0.4, 0.5) is 5.69 Å².